The van der Waals surface area contributed by atoms with Crippen LogP contribution in [0.25, 0.3) is 0 Å². The molecule has 0 radical (unpaired) electrons. The highest BCUT2D eigenvalue weighted by atomic mass is 17.7. The van der Waals surface area contributed by atoms with Gasteiger partial charge in [-0.3, -0.25) is 0 Å². The fourth-order valence-electron chi connectivity index (χ4n) is 0. The van der Waals surface area contributed by atoms with E-state index in [-0.39, 0.29) is 0 Å². The Hall–Kier alpha value is -0.160. The molecule has 0 aliphatic carbocycles. The molecule has 0 bridgehead atoms. The molecule has 0 aliphatic heterocycles. The van der Waals surface area contributed by atoms with Gasteiger partial charge in [-0.05, 0) is 15.8 Å². The largest absolute Gasteiger partial charge is 0.127 e. The van der Waals surface area contributed by atoms with Crippen LogP contribution < -0.4 is 0 Å². The molecule has 0 aromatic rings. The number of hydrogen-bond donors (Lipinski definition) is 3. The first-order valence-electron chi connectivity index (χ1n) is 0.548. The predicted octanol–water partition coefficient (Wildman–Crippen LogP) is -0.0423. The molecule has 0 saturated carbocycles. The van der Waals surface area contributed by atoms with Gasteiger partial charge in [-0.25, -0.2) is 0 Å². The van der Waals surface area contributed by atoms with E-state index in [1.54, 1.807) is 0 Å². The van der Waals surface area contributed by atoms with Gasteiger partial charge in [-0.2, -0.15) is 0 Å². The van der Waals surface area contributed by atoms with Gasteiger partial charge < -0.3 is 0 Å². The second-order valence-corrected chi connectivity index (χ2v) is 0.245. The molecular formula is H3O4+. The van der Waals surface area contributed by atoms with E-state index in [4.69, 9.17) is 15.8 Å². The third kappa shape index (κ3) is 50.7. The van der Waals surface area contributed by atoms with E-state index in [1.165, 1.54) is 0 Å². The summed E-state index contributed by atoms with van der Waals surface area (Å²) < 4.78 is 0. The first-order valence-corrected chi connectivity index (χ1v) is 0.548. The monoisotopic (exact) mass is 67.0 g/mol. The molecule has 0 fully saturated rings. The Morgan fingerprint density at radius 1 is 1.00 bits per heavy atom. The Labute approximate surface area is 22.0 Å². The number of hydrogen-bond acceptors (Lipinski definition) is 3. The summed E-state index contributed by atoms with van der Waals surface area (Å²) >= 11 is 0. The Morgan fingerprint density at radius 3 is 1.00 bits per heavy atom. The van der Waals surface area contributed by atoms with Gasteiger partial charge in [0.15, 0.2) is 0 Å². The van der Waals surface area contributed by atoms with Gasteiger partial charge in [0, 0.05) is 0 Å². The van der Waals surface area contributed by atoms with Crippen molar-refractivity contribution in [3.8, 4) is 0 Å². The average Bonchev–Trinajstić information content (AvgIpc) is 0.811. The summed E-state index contributed by atoms with van der Waals surface area (Å²) in [6.07, 6.45) is 0. The zero-order valence-corrected chi connectivity index (χ0v) is 1.75. The molecule has 4 heavy (non-hydrogen) atoms. The van der Waals surface area contributed by atoms with Crippen LogP contribution >= 0.6 is 0 Å². The third-order valence-electron chi connectivity index (χ3n) is 0. The first kappa shape index (κ1) is 3.84. The van der Waals surface area contributed by atoms with Gasteiger partial charge in [0.2, 0.25) is 0 Å². The van der Waals surface area contributed by atoms with Crippen LogP contribution in [0.3, 0.4) is 0 Å². The minimum atomic E-state index is -0.417. The topological polar surface area (TPSA) is 63.4 Å². The second kappa shape index (κ2) is 1.19. The molecule has 0 spiro atoms. The van der Waals surface area contributed by atoms with E-state index in [9.17, 15) is 0 Å². The Kier molecular flexibility index (Phi) is 1.14. The van der Waals surface area contributed by atoms with Crippen molar-refractivity contribution in [2.45, 2.75) is 0 Å². The quantitative estimate of drug-likeness (QED) is 0.211. The Bertz CT molecular complexity index is 4.75. The van der Waals surface area contributed by atoms with Crippen LogP contribution in [0, 0.1) is 0 Å². The van der Waals surface area contributed by atoms with Gasteiger partial charge in [0.25, 0.3) is 0 Å². The maximum Gasteiger partial charge on any atom is 0.127 e. The molecule has 4 heteroatoms. The molecule has 4 nitrogen and oxygen atoms in total. The van der Waals surface area contributed by atoms with Crippen molar-refractivity contribution < 1.29 is 20.6 Å². The second-order valence-electron chi connectivity index (χ2n) is 0.245. The molecule has 0 aromatic heterocycles. The summed E-state index contributed by atoms with van der Waals surface area (Å²) in [5, 5.41) is 20.8. The standard InChI is InChI=1S/H3O4/c1-4(2)3/h1-3H/q+1. The normalized spacial score (nSPS) is 9.00. The fraction of sp³-hybridized carbons (Fsp3) is 0. The van der Waals surface area contributed by atoms with Crippen LogP contribution in [0.15, 0.2) is 0 Å². The average molecular weight is 67.0 g/mol. The lowest BCUT2D eigenvalue weighted by molar-refractivity contribution is -0.781. The van der Waals surface area contributed by atoms with Crippen LogP contribution in [0.2, 0.25) is 0 Å². The summed E-state index contributed by atoms with van der Waals surface area (Å²) in [7, 11) is 0. The molecule has 0 heterocycles. The number of rotatable bonds is 0. The molecule has 0 saturated heterocycles. The highest BCUT2D eigenvalue weighted by Gasteiger charge is 1.78. The van der Waals surface area contributed by atoms with Crippen LogP contribution in [0.4, 0.5) is 0 Å². The van der Waals surface area contributed by atoms with Crippen molar-refractivity contribution in [2.75, 3.05) is 0 Å². The van der Waals surface area contributed by atoms with Gasteiger partial charge in [0.1, 0.15) is 4.82 Å². The molecule has 0 rings (SSSR count). The van der Waals surface area contributed by atoms with Gasteiger partial charge in [-0.1, -0.05) is 0 Å². The zero-order chi connectivity index (χ0) is 3.58. The molecule has 0 unspecified atom stereocenters. The lowest BCUT2D eigenvalue weighted by Gasteiger charge is -1.69. The summed E-state index contributed by atoms with van der Waals surface area (Å²) in [5.74, 6) is 0. The molecule has 3 N–H and O–H groups in total. The van der Waals surface area contributed by atoms with Crippen molar-refractivity contribution in [1.29, 1.82) is 0 Å². The zero-order valence-electron chi connectivity index (χ0n) is 1.75. The van der Waals surface area contributed by atoms with Crippen LogP contribution in [0.5, 0.6) is 0 Å². The fourth-order valence-corrected chi connectivity index (χ4v) is 0. The summed E-state index contributed by atoms with van der Waals surface area (Å²) in [4.78, 5) is -0.417. The van der Waals surface area contributed by atoms with Crippen molar-refractivity contribution in [2.24, 2.45) is 0 Å². The maximum atomic E-state index is 6.92. The first-order chi connectivity index (χ1) is 1.73. The smallest absolute Gasteiger partial charge is 0.0355 e. The Morgan fingerprint density at radius 2 is 1.00 bits per heavy atom. The highest BCUT2D eigenvalue weighted by molar-refractivity contribution is 2.69. The summed E-state index contributed by atoms with van der Waals surface area (Å²) in [6, 6.07) is 0. The van der Waals surface area contributed by atoms with E-state index in [0.29, 0.717) is 0 Å². The lowest BCUT2D eigenvalue weighted by atomic mass is 14.3. The lowest BCUT2D eigenvalue weighted by Crippen LogP contribution is -1.91. The molecule has 0 aliphatic rings. The van der Waals surface area contributed by atoms with E-state index >= 15 is 0 Å². The van der Waals surface area contributed by atoms with Crippen LogP contribution in [-0.4, -0.2) is 15.8 Å². The molecular weight excluding hydrogens is 64.0 g/mol. The van der Waals surface area contributed by atoms with Crippen molar-refractivity contribution in [3.05, 3.63) is 0 Å². The molecule has 0 aromatic carbocycles. The van der Waals surface area contributed by atoms with Crippen molar-refractivity contribution >= 4 is 0 Å². The minimum absolute atomic E-state index is 0.417. The van der Waals surface area contributed by atoms with Gasteiger partial charge in [0.05, 0.1) is 0 Å². The van der Waals surface area contributed by atoms with E-state index in [2.05, 4.69) is 0 Å². The summed E-state index contributed by atoms with van der Waals surface area (Å²) in [6.45, 7) is 0. The summed E-state index contributed by atoms with van der Waals surface area (Å²) in [5.41, 5.74) is 0. The van der Waals surface area contributed by atoms with Gasteiger partial charge in [-0.15, -0.1) is 0 Å². The highest BCUT2D eigenvalue weighted by Crippen LogP contribution is 1.56. The van der Waals surface area contributed by atoms with E-state index in [0.717, 1.165) is 0 Å². The third-order valence-corrected chi connectivity index (χ3v) is 0. The molecule has 0 atom stereocenters. The molecule has 26 valence electrons. The van der Waals surface area contributed by atoms with Crippen LogP contribution in [-0.2, 0) is 4.82 Å². The maximum absolute atomic E-state index is 6.92. The van der Waals surface area contributed by atoms with Crippen molar-refractivity contribution in [1.82, 2.24) is 0 Å². The van der Waals surface area contributed by atoms with E-state index in [1.807, 2.05) is 0 Å². The minimum Gasteiger partial charge on any atom is -0.0355 e. The van der Waals surface area contributed by atoms with Crippen LogP contribution in [0.1, 0.15) is 0 Å². The SMILES string of the molecule is O[O+](O)O. The van der Waals surface area contributed by atoms with Crippen molar-refractivity contribution in [3.63, 3.8) is 0 Å². The molecule has 0 amide bonds. The van der Waals surface area contributed by atoms with Gasteiger partial charge >= 0.3 is 0 Å². The Balaban J connectivity index is 2.32. The predicted molar refractivity (Wildman–Crippen MR) is 8.97 cm³/mol. The van der Waals surface area contributed by atoms with E-state index < -0.39 is 4.82 Å².